The number of fused-ring (bicyclic) bond motifs is 1. The van der Waals surface area contributed by atoms with Crippen LogP contribution in [0.2, 0.25) is 0 Å². The number of sulfone groups is 1. The third-order valence-electron chi connectivity index (χ3n) is 3.53. The molecular weight excluding hydrogens is 250 g/mol. The zero-order chi connectivity index (χ0) is 12.8. The topological polar surface area (TPSA) is 77.5 Å². The molecule has 0 aromatic carbocycles. The summed E-state index contributed by atoms with van der Waals surface area (Å²) in [6.07, 6.45) is 3.66. The van der Waals surface area contributed by atoms with Crippen molar-refractivity contribution in [1.82, 2.24) is 9.38 Å². The number of imidazole rings is 1. The van der Waals surface area contributed by atoms with Crippen LogP contribution in [0.1, 0.15) is 18.7 Å². The minimum absolute atomic E-state index is 0.302. The lowest BCUT2D eigenvalue weighted by atomic mass is 10.2. The number of nitrogen functional groups attached to an aromatic ring is 1. The standard InChI is InChI=1S/C12H15N3O2S/c13-11-5-1-3-9-8-14-12(15(9)11)7-10-4-2-6-18(10,16)17/h1,3,5,8,10H,2,4,6-7,13H2. The molecule has 1 aliphatic rings. The van der Waals surface area contributed by atoms with Crippen LogP contribution in [0.25, 0.3) is 5.52 Å². The molecule has 2 N–H and O–H groups in total. The first-order chi connectivity index (χ1) is 8.58. The molecule has 0 saturated carbocycles. The molecule has 0 spiro atoms. The second kappa shape index (κ2) is 3.98. The number of nitrogens with zero attached hydrogens (tertiary/aromatic N) is 2. The average Bonchev–Trinajstić information content (AvgIpc) is 2.85. The summed E-state index contributed by atoms with van der Waals surface area (Å²) in [7, 11) is -2.94. The normalized spacial score (nSPS) is 22.6. The van der Waals surface area contributed by atoms with Crippen molar-refractivity contribution < 1.29 is 8.42 Å². The monoisotopic (exact) mass is 265 g/mol. The lowest BCUT2D eigenvalue weighted by Crippen LogP contribution is -2.20. The average molecular weight is 265 g/mol. The third-order valence-corrected chi connectivity index (χ3v) is 5.80. The third kappa shape index (κ3) is 1.77. The van der Waals surface area contributed by atoms with Crippen molar-refractivity contribution in [1.29, 1.82) is 0 Å². The summed E-state index contributed by atoms with van der Waals surface area (Å²) in [5.74, 6) is 1.63. The van der Waals surface area contributed by atoms with Gasteiger partial charge in [0.2, 0.25) is 0 Å². The van der Waals surface area contributed by atoms with Crippen molar-refractivity contribution >= 4 is 21.2 Å². The summed E-state index contributed by atoms with van der Waals surface area (Å²) in [6.45, 7) is 0. The molecule has 2 aromatic heterocycles. The van der Waals surface area contributed by atoms with Crippen LogP contribution in [0.3, 0.4) is 0 Å². The Bertz CT molecular complexity index is 690. The van der Waals surface area contributed by atoms with E-state index in [0.717, 1.165) is 24.2 Å². The van der Waals surface area contributed by atoms with Gasteiger partial charge in [0.05, 0.1) is 22.7 Å². The Labute approximate surface area is 106 Å². The van der Waals surface area contributed by atoms with Gasteiger partial charge in [0, 0.05) is 6.42 Å². The molecule has 6 heteroatoms. The zero-order valence-corrected chi connectivity index (χ0v) is 10.7. The maximum atomic E-state index is 11.8. The number of nitrogens with two attached hydrogens (primary N) is 1. The minimum Gasteiger partial charge on any atom is -0.385 e. The highest BCUT2D eigenvalue weighted by Crippen LogP contribution is 2.24. The molecule has 1 fully saturated rings. The predicted octanol–water partition coefficient (Wildman–Crippen LogP) is 1.04. The van der Waals surface area contributed by atoms with E-state index in [1.807, 2.05) is 16.5 Å². The van der Waals surface area contributed by atoms with E-state index in [2.05, 4.69) is 4.98 Å². The maximum Gasteiger partial charge on any atom is 0.153 e. The molecule has 0 radical (unpaired) electrons. The fourth-order valence-corrected chi connectivity index (χ4v) is 4.41. The summed E-state index contributed by atoms with van der Waals surface area (Å²) in [5.41, 5.74) is 6.82. The van der Waals surface area contributed by atoms with Gasteiger partial charge >= 0.3 is 0 Å². The van der Waals surface area contributed by atoms with Crippen LogP contribution < -0.4 is 5.73 Å². The molecule has 1 saturated heterocycles. The SMILES string of the molecule is Nc1cccc2cnc(CC3CCCS3(=O)=O)n12. The van der Waals surface area contributed by atoms with Crippen LogP contribution in [0, 0.1) is 0 Å². The van der Waals surface area contributed by atoms with Crippen LogP contribution in [-0.4, -0.2) is 28.8 Å². The van der Waals surface area contributed by atoms with Crippen LogP contribution in [0.15, 0.2) is 24.4 Å². The highest BCUT2D eigenvalue weighted by Gasteiger charge is 2.32. The quantitative estimate of drug-likeness (QED) is 0.880. The minimum atomic E-state index is -2.94. The second-order valence-electron chi connectivity index (χ2n) is 4.72. The van der Waals surface area contributed by atoms with E-state index in [4.69, 9.17) is 5.73 Å². The molecule has 1 atom stereocenters. The Kier molecular flexibility index (Phi) is 2.55. The maximum absolute atomic E-state index is 11.8. The Morgan fingerprint density at radius 1 is 1.44 bits per heavy atom. The van der Waals surface area contributed by atoms with E-state index in [1.54, 1.807) is 12.3 Å². The van der Waals surface area contributed by atoms with E-state index >= 15 is 0 Å². The molecule has 3 heterocycles. The highest BCUT2D eigenvalue weighted by atomic mass is 32.2. The number of hydrogen-bond acceptors (Lipinski definition) is 4. The molecule has 2 aromatic rings. The summed E-state index contributed by atoms with van der Waals surface area (Å²) in [6, 6.07) is 5.57. The van der Waals surface area contributed by atoms with E-state index in [-0.39, 0.29) is 5.25 Å². The molecule has 0 aliphatic carbocycles. The molecule has 0 amide bonds. The molecule has 0 bridgehead atoms. The Morgan fingerprint density at radius 2 is 2.28 bits per heavy atom. The Hall–Kier alpha value is -1.56. The van der Waals surface area contributed by atoms with Gasteiger partial charge in [0.15, 0.2) is 9.84 Å². The number of hydrogen-bond donors (Lipinski definition) is 1. The van der Waals surface area contributed by atoms with E-state index in [0.29, 0.717) is 18.0 Å². The molecule has 96 valence electrons. The van der Waals surface area contributed by atoms with Crippen LogP contribution in [-0.2, 0) is 16.3 Å². The molecule has 18 heavy (non-hydrogen) atoms. The summed E-state index contributed by atoms with van der Waals surface area (Å²) < 4.78 is 25.5. The summed E-state index contributed by atoms with van der Waals surface area (Å²) in [5, 5.41) is -0.303. The van der Waals surface area contributed by atoms with Gasteiger partial charge in [-0.05, 0) is 25.0 Å². The van der Waals surface area contributed by atoms with Gasteiger partial charge in [-0.2, -0.15) is 0 Å². The van der Waals surface area contributed by atoms with Crippen molar-refractivity contribution in [2.45, 2.75) is 24.5 Å². The van der Waals surface area contributed by atoms with Crippen molar-refractivity contribution in [3.63, 3.8) is 0 Å². The lowest BCUT2D eigenvalue weighted by Gasteiger charge is -2.09. The number of pyridine rings is 1. The Morgan fingerprint density at radius 3 is 3.00 bits per heavy atom. The number of rotatable bonds is 2. The van der Waals surface area contributed by atoms with Crippen molar-refractivity contribution in [3.8, 4) is 0 Å². The molecule has 1 unspecified atom stereocenters. The molecule has 3 rings (SSSR count). The van der Waals surface area contributed by atoms with E-state index in [1.165, 1.54) is 0 Å². The zero-order valence-electron chi connectivity index (χ0n) is 9.91. The van der Waals surface area contributed by atoms with Gasteiger partial charge in [-0.15, -0.1) is 0 Å². The summed E-state index contributed by atoms with van der Waals surface area (Å²) >= 11 is 0. The van der Waals surface area contributed by atoms with Gasteiger partial charge in [-0.3, -0.25) is 4.40 Å². The smallest absolute Gasteiger partial charge is 0.153 e. The molecule has 5 nitrogen and oxygen atoms in total. The number of anilines is 1. The van der Waals surface area contributed by atoms with Crippen LogP contribution in [0.4, 0.5) is 5.82 Å². The Balaban J connectivity index is 2.01. The van der Waals surface area contributed by atoms with Gasteiger partial charge in [-0.1, -0.05) is 6.07 Å². The second-order valence-corrected chi connectivity index (χ2v) is 7.12. The van der Waals surface area contributed by atoms with Crippen molar-refractivity contribution in [2.24, 2.45) is 0 Å². The van der Waals surface area contributed by atoms with Crippen molar-refractivity contribution in [2.75, 3.05) is 11.5 Å². The summed E-state index contributed by atoms with van der Waals surface area (Å²) in [4.78, 5) is 4.30. The van der Waals surface area contributed by atoms with Crippen LogP contribution in [0.5, 0.6) is 0 Å². The van der Waals surface area contributed by atoms with Gasteiger partial charge in [0.25, 0.3) is 0 Å². The highest BCUT2D eigenvalue weighted by molar-refractivity contribution is 7.92. The lowest BCUT2D eigenvalue weighted by molar-refractivity contribution is 0.586. The first-order valence-electron chi connectivity index (χ1n) is 6.00. The molecule has 1 aliphatic heterocycles. The number of aromatic nitrogens is 2. The first-order valence-corrected chi connectivity index (χ1v) is 7.72. The van der Waals surface area contributed by atoms with Crippen molar-refractivity contribution in [3.05, 3.63) is 30.2 Å². The predicted molar refractivity (Wildman–Crippen MR) is 70.1 cm³/mol. The van der Waals surface area contributed by atoms with E-state index < -0.39 is 9.84 Å². The fraction of sp³-hybridized carbons (Fsp3) is 0.417. The fourth-order valence-electron chi connectivity index (χ4n) is 2.58. The van der Waals surface area contributed by atoms with E-state index in [9.17, 15) is 8.42 Å². The van der Waals surface area contributed by atoms with Crippen LogP contribution >= 0.6 is 0 Å². The van der Waals surface area contributed by atoms with Gasteiger partial charge in [-0.25, -0.2) is 13.4 Å². The first kappa shape index (κ1) is 11.5. The van der Waals surface area contributed by atoms with Gasteiger partial charge in [0.1, 0.15) is 11.6 Å². The largest absolute Gasteiger partial charge is 0.385 e. The van der Waals surface area contributed by atoms with Gasteiger partial charge < -0.3 is 5.73 Å². The molecular formula is C12H15N3O2S.